The highest BCUT2D eigenvalue weighted by atomic mass is 15.2. The van der Waals surface area contributed by atoms with E-state index in [1.807, 2.05) is 0 Å². The van der Waals surface area contributed by atoms with Crippen molar-refractivity contribution in [3.05, 3.63) is 35.9 Å². The SMILES string of the molecule is CCNC(=NCCCN(CC)CC)NCCc1ccccc1. The summed E-state index contributed by atoms with van der Waals surface area (Å²) in [6.07, 6.45) is 2.13. The van der Waals surface area contributed by atoms with Gasteiger partial charge in [0.25, 0.3) is 0 Å². The minimum Gasteiger partial charge on any atom is -0.357 e. The van der Waals surface area contributed by atoms with Crippen molar-refractivity contribution in [3.63, 3.8) is 0 Å². The third-order valence-electron chi connectivity index (χ3n) is 3.69. The molecule has 0 atom stereocenters. The predicted octanol–water partition coefficient (Wildman–Crippen LogP) is 2.52. The molecular weight excluding hydrogens is 272 g/mol. The third-order valence-corrected chi connectivity index (χ3v) is 3.69. The monoisotopic (exact) mass is 304 g/mol. The van der Waals surface area contributed by atoms with E-state index >= 15 is 0 Å². The number of hydrogen-bond acceptors (Lipinski definition) is 2. The molecule has 1 aromatic carbocycles. The molecule has 2 N–H and O–H groups in total. The molecule has 0 aliphatic carbocycles. The molecule has 0 aliphatic heterocycles. The van der Waals surface area contributed by atoms with Gasteiger partial charge in [0.05, 0.1) is 0 Å². The summed E-state index contributed by atoms with van der Waals surface area (Å²) >= 11 is 0. The molecule has 0 heterocycles. The molecule has 0 radical (unpaired) electrons. The quantitative estimate of drug-likeness (QED) is 0.396. The van der Waals surface area contributed by atoms with Crippen molar-refractivity contribution in [2.24, 2.45) is 4.99 Å². The van der Waals surface area contributed by atoms with Gasteiger partial charge < -0.3 is 15.5 Å². The Kier molecular flexibility index (Phi) is 10.1. The number of nitrogens with zero attached hydrogens (tertiary/aromatic N) is 2. The zero-order valence-electron chi connectivity index (χ0n) is 14.4. The Balaban J connectivity index is 2.29. The molecule has 0 saturated carbocycles. The number of hydrogen-bond donors (Lipinski definition) is 2. The number of rotatable bonds is 10. The second-order valence-electron chi connectivity index (χ2n) is 5.30. The van der Waals surface area contributed by atoms with Gasteiger partial charge in [-0.25, -0.2) is 0 Å². The van der Waals surface area contributed by atoms with E-state index in [2.05, 4.69) is 71.6 Å². The Labute approximate surface area is 136 Å². The number of aliphatic imine (C=N–C) groups is 1. The van der Waals surface area contributed by atoms with Crippen molar-refractivity contribution < 1.29 is 0 Å². The lowest BCUT2D eigenvalue weighted by Crippen LogP contribution is -2.38. The first-order chi connectivity index (χ1) is 10.8. The Bertz CT molecular complexity index is 399. The van der Waals surface area contributed by atoms with Gasteiger partial charge in [-0.2, -0.15) is 0 Å². The highest BCUT2D eigenvalue weighted by Gasteiger charge is 1.99. The van der Waals surface area contributed by atoms with E-state index in [0.29, 0.717) is 0 Å². The van der Waals surface area contributed by atoms with Gasteiger partial charge >= 0.3 is 0 Å². The maximum absolute atomic E-state index is 4.65. The van der Waals surface area contributed by atoms with Crippen LogP contribution >= 0.6 is 0 Å². The summed E-state index contributed by atoms with van der Waals surface area (Å²) in [4.78, 5) is 7.09. The normalized spacial score (nSPS) is 11.7. The summed E-state index contributed by atoms with van der Waals surface area (Å²) in [7, 11) is 0. The summed E-state index contributed by atoms with van der Waals surface area (Å²) in [6, 6.07) is 10.5. The lowest BCUT2D eigenvalue weighted by molar-refractivity contribution is 0.302. The van der Waals surface area contributed by atoms with Crippen LogP contribution in [0.25, 0.3) is 0 Å². The second-order valence-corrected chi connectivity index (χ2v) is 5.30. The van der Waals surface area contributed by atoms with Gasteiger partial charge in [0, 0.05) is 19.6 Å². The van der Waals surface area contributed by atoms with E-state index in [0.717, 1.165) is 58.1 Å². The average molecular weight is 304 g/mol. The van der Waals surface area contributed by atoms with Crippen LogP contribution in [-0.4, -0.2) is 50.1 Å². The lowest BCUT2D eigenvalue weighted by atomic mass is 10.1. The standard InChI is InChI=1S/C18H32N4/c1-4-19-18(20-14-10-16-22(5-2)6-3)21-15-13-17-11-8-7-9-12-17/h7-9,11-12H,4-6,10,13-16H2,1-3H3,(H2,19,20,21). The molecule has 0 unspecified atom stereocenters. The molecule has 0 fully saturated rings. The zero-order chi connectivity index (χ0) is 16.0. The molecule has 0 aromatic heterocycles. The Morgan fingerprint density at radius 2 is 1.77 bits per heavy atom. The van der Waals surface area contributed by atoms with Crippen LogP contribution in [-0.2, 0) is 6.42 Å². The minimum atomic E-state index is 0.872. The van der Waals surface area contributed by atoms with Crippen molar-refractivity contribution in [3.8, 4) is 0 Å². The Hall–Kier alpha value is -1.55. The molecule has 0 amide bonds. The highest BCUT2D eigenvalue weighted by molar-refractivity contribution is 5.79. The van der Waals surface area contributed by atoms with Crippen molar-refractivity contribution in [2.45, 2.75) is 33.6 Å². The number of nitrogens with one attached hydrogen (secondary N) is 2. The Morgan fingerprint density at radius 1 is 1.05 bits per heavy atom. The van der Waals surface area contributed by atoms with Gasteiger partial charge in [-0.1, -0.05) is 44.2 Å². The maximum Gasteiger partial charge on any atom is 0.191 e. The molecule has 0 spiro atoms. The van der Waals surface area contributed by atoms with E-state index in [1.165, 1.54) is 5.56 Å². The van der Waals surface area contributed by atoms with Crippen LogP contribution in [0.5, 0.6) is 0 Å². The summed E-state index contributed by atoms with van der Waals surface area (Å²) < 4.78 is 0. The molecule has 4 heteroatoms. The van der Waals surface area contributed by atoms with Gasteiger partial charge in [-0.05, 0) is 45.0 Å². The van der Waals surface area contributed by atoms with Gasteiger partial charge in [0.1, 0.15) is 0 Å². The fourth-order valence-electron chi connectivity index (χ4n) is 2.34. The third kappa shape index (κ3) is 8.03. The molecule has 22 heavy (non-hydrogen) atoms. The second kappa shape index (κ2) is 12.0. The number of guanidine groups is 1. The average Bonchev–Trinajstić information content (AvgIpc) is 2.56. The first-order valence-electron chi connectivity index (χ1n) is 8.58. The van der Waals surface area contributed by atoms with E-state index < -0.39 is 0 Å². The van der Waals surface area contributed by atoms with Crippen molar-refractivity contribution in [2.75, 3.05) is 39.3 Å². The van der Waals surface area contributed by atoms with Gasteiger partial charge in [0.2, 0.25) is 0 Å². The van der Waals surface area contributed by atoms with E-state index in [-0.39, 0.29) is 0 Å². The van der Waals surface area contributed by atoms with Crippen molar-refractivity contribution in [1.82, 2.24) is 15.5 Å². The van der Waals surface area contributed by atoms with E-state index in [9.17, 15) is 0 Å². The fourth-order valence-corrected chi connectivity index (χ4v) is 2.34. The molecule has 0 aliphatic rings. The summed E-state index contributed by atoms with van der Waals surface area (Å²) in [5, 5.41) is 6.72. The minimum absolute atomic E-state index is 0.872. The fraction of sp³-hybridized carbons (Fsp3) is 0.611. The van der Waals surface area contributed by atoms with Gasteiger partial charge in [0.15, 0.2) is 5.96 Å². The smallest absolute Gasteiger partial charge is 0.191 e. The molecule has 0 bridgehead atoms. The molecule has 0 saturated heterocycles. The van der Waals surface area contributed by atoms with Crippen LogP contribution in [0.15, 0.2) is 35.3 Å². The topological polar surface area (TPSA) is 39.7 Å². The van der Waals surface area contributed by atoms with Crippen LogP contribution in [0.2, 0.25) is 0 Å². The molecule has 1 rings (SSSR count). The van der Waals surface area contributed by atoms with Crippen LogP contribution in [0.3, 0.4) is 0 Å². The van der Waals surface area contributed by atoms with Gasteiger partial charge in [-0.15, -0.1) is 0 Å². The molecule has 4 nitrogen and oxygen atoms in total. The molecular formula is C18H32N4. The highest BCUT2D eigenvalue weighted by Crippen LogP contribution is 1.98. The van der Waals surface area contributed by atoms with Gasteiger partial charge in [-0.3, -0.25) is 4.99 Å². The largest absolute Gasteiger partial charge is 0.357 e. The van der Waals surface area contributed by atoms with E-state index in [1.54, 1.807) is 0 Å². The maximum atomic E-state index is 4.65. The lowest BCUT2D eigenvalue weighted by Gasteiger charge is -2.17. The summed E-state index contributed by atoms with van der Waals surface area (Å²) in [5.74, 6) is 0.929. The van der Waals surface area contributed by atoms with Crippen LogP contribution in [0.4, 0.5) is 0 Å². The summed E-state index contributed by atoms with van der Waals surface area (Å²) in [6.45, 7) is 12.6. The molecule has 124 valence electrons. The van der Waals surface area contributed by atoms with Crippen molar-refractivity contribution in [1.29, 1.82) is 0 Å². The molecule has 1 aromatic rings. The Morgan fingerprint density at radius 3 is 2.41 bits per heavy atom. The predicted molar refractivity (Wildman–Crippen MR) is 96.5 cm³/mol. The first kappa shape index (κ1) is 18.5. The van der Waals surface area contributed by atoms with E-state index in [4.69, 9.17) is 0 Å². The zero-order valence-corrected chi connectivity index (χ0v) is 14.4. The van der Waals surface area contributed by atoms with Crippen LogP contribution in [0, 0.1) is 0 Å². The summed E-state index contributed by atoms with van der Waals surface area (Å²) in [5.41, 5.74) is 1.35. The number of benzene rings is 1. The van der Waals surface area contributed by atoms with Crippen LogP contribution < -0.4 is 10.6 Å². The first-order valence-corrected chi connectivity index (χ1v) is 8.58. The van der Waals surface area contributed by atoms with Crippen molar-refractivity contribution >= 4 is 5.96 Å². The van der Waals surface area contributed by atoms with Crippen LogP contribution in [0.1, 0.15) is 32.8 Å².